The number of hydrogen-bond acceptors (Lipinski definition) is 1. The summed E-state index contributed by atoms with van der Waals surface area (Å²) in [7, 11) is 0. The Bertz CT molecular complexity index is 3070. The van der Waals surface area contributed by atoms with Crippen LogP contribution in [-0.4, -0.2) is 0 Å². The van der Waals surface area contributed by atoms with Crippen molar-refractivity contribution in [2.24, 2.45) is 0 Å². The summed E-state index contributed by atoms with van der Waals surface area (Å²) in [5.74, 6) is 0. The maximum Gasteiger partial charge on any atom is 0.143 e. The second kappa shape index (κ2) is 10.4. The highest BCUT2D eigenvalue weighted by atomic mass is 16.3. The van der Waals surface area contributed by atoms with E-state index in [9.17, 15) is 2.74 Å². The van der Waals surface area contributed by atoms with Crippen molar-refractivity contribution in [2.75, 3.05) is 0 Å². The molecule has 8 aromatic carbocycles. The van der Waals surface area contributed by atoms with Crippen molar-refractivity contribution < 1.29 is 19.5 Å². The SMILES string of the molecule is [2H]c1c([2H])c([2H])c(-c2c([2H])c([2H])c3oc4c(-c5c6ccccc6c(-c6cccc(-c7ccccc7)c6)c6ccccc56)c([2H])c([2H])c([2H])c4c3c2[2H])c([2H])c1[2H]. The van der Waals surface area contributed by atoms with Crippen molar-refractivity contribution in [3.63, 3.8) is 0 Å². The lowest BCUT2D eigenvalue weighted by Gasteiger charge is -2.18. The lowest BCUT2D eigenvalue weighted by atomic mass is 9.85. The highest BCUT2D eigenvalue weighted by molar-refractivity contribution is 6.24. The van der Waals surface area contributed by atoms with E-state index >= 15 is 0 Å². The molecule has 0 bridgehead atoms. The van der Waals surface area contributed by atoms with Crippen molar-refractivity contribution in [1.82, 2.24) is 0 Å². The van der Waals surface area contributed by atoms with Crippen molar-refractivity contribution in [1.29, 1.82) is 0 Å². The Morgan fingerprint density at radius 1 is 0.400 bits per heavy atom. The molecule has 0 fully saturated rings. The van der Waals surface area contributed by atoms with E-state index < -0.39 is 66.0 Å². The maximum absolute atomic E-state index is 9.37. The van der Waals surface area contributed by atoms with Gasteiger partial charge in [0.15, 0.2) is 0 Å². The average Bonchev–Trinajstić information content (AvgIpc) is 3.63. The van der Waals surface area contributed by atoms with Gasteiger partial charge in [0.1, 0.15) is 11.2 Å². The second-order valence-corrected chi connectivity index (χ2v) is 10.8. The molecule has 9 aromatic rings. The molecule has 0 saturated carbocycles. The third kappa shape index (κ3) is 4.17. The Balaban J connectivity index is 1.41. The summed E-state index contributed by atoms with van der Waals surface area (Å²) in [4.78, 5) is 0. The molecule has 1 nitrogen and oxygen atoms in total. The molecule has 0 spiro atoms. The van der Waals surface area contributed by atoms with Crippen molar-refractivity contribution >= 4 is 43.5 Å². The molecule has 1 heterocycles. The van der Waals surface area contributed by atoms with Crippen LogP contribution in [0.4, 0.5) is 0 Å². The molecule has 1 heteroatoms. The quantitative estimate of drug-likeness (QED) is 0.188. The summed E-state index contributed by atoms with van der Waals surface area (Å²) in [5, 5.41) is 3.02. The minimum absolute atomic E-state index is 0.0280. The van der Waals surface area contributed by atoms with Crippen LogP contribution in [0.2, 0.25) is 0 Å². The number of para-hydroxylation sites is 1. The Morgan fingerprint density at radius 3 is 1.78 bits per heavy atom. The lowest BCUT2D eigenvalue weighted by molar-refractivity contribution is 0.670. The van der Waals surface area contributed by atoms with Gasteiger partial charge in [-0.1, -0.05) is 151 Å². The van der Waals surface area contributed by atoms with Gasteiger partial charge in [0.05, 0.1) is 15.1 Å². The third-order valence-corrected chi connectivity index (χ3v) is 8.25. The predicted octanol–water partition coefficient (Wildman–Crippen LogP) is 12.6. The molecule has 0 atom stereocenters. The van der Waals surface area contributed by atoms with Crippen LogP contribution in [0.1, 0.15) is 15.1 Å². The highest BCUT2D eigenvalue weighted by Crippen LogP contribution is 2.47. The van der Waals surface area contributed by atoms with Crippen LogP contribution in [0.15, 0.2) is 174 Å². The van der Waals surface area contributed by atoms with Crippen LogP contribution in [-0.2, 0) is 0 Å². The van der Waals surface area contributed by atoms with Gasteiger partial charge in [-0.2, -0.15) is 0 Å². The number of furan rings is 1. The second-order valence-electron chi connectivity index (χ2n) is 10.8. The number of hydrogen-bond donors (Lipinski definition) is 0. The van der Waals surface area contributed by atoms with Crippen molar-refractivity contribution in [3.05, 3.63) is 170 Å². The number of benzene rings is 8. The summed E-state index contributed by atoms with van der Waals surface area (Å²) in [5.41, 5.74) is 3.67. The fourth-order valence-electron chi connectivity index (χ4n) is 6.29. The zero-order chi connectivity index (χ0) is 39.3. The van der Waals surface area contributed by atoms with E-state index in [0.717, 1.165) is 43.8 Å². The van der Waals surface area contributed by atoms with Gasteiger partial charge < -0.3 is 4.42 Å². The molecule has 0 N–H and O–H groups in total. The third-order valence-electron chi connectivity index (χ3n) is 8.25. The van der Waals surface area contributed by atoms with Gasteiger partial charge in [-0.15, -0.1) is 0 Å². The largest absolute Gasteiger partial charge is 0.455 e. The Morgan fingerprint density at radius 2 is 1.04 bits per heavy atom. The van der Waals surface area contributed by atoms with E-state index in [-0.39, 0.29) is 39.1 Å². The predicted molar refractivity (Wildman–Crippen MR) is 190 cm³/mol. The van der Waals surface area contributed by atoms with E-state index in [2.05, 4.69) is 30.3 Å². The molecule has 0 saturated heterocycles. The summed E-state index contributed by atoms with van der Waals surface area (Å²) in [6.07, 6.45) is 0. The minimum atomic E-state index is -0.659. The van der Waals surface area contributed by atoms with Crippen LogP contribution >= 0.6 is 0 Å². The molecule has 0 aliphatic carbocycles. The Labute approximate surface area is 277 Å². The average molecular weight is 584 g/mol. The Kier molecular flexibility index (Phi) is 3.87. The van der Waals surface area contributed by atoms with Gasteiger partial charge in [-0.25, -0.2) is 0 Å². The van der Waals surface area contributed by atoms with Crippen LogP contribution in [0.3, 0.4) is 0 Å². The lowest BCUT2D eigenvalue weighted by Crippen LogP contribution is -1.91. The molecule has 0 radical (unpaired) electrons. The molecule has 1 aromatic heterocycles. The van der Waals surface area contributed by atoms with Gasteiger partial charge in [0.25, 0.3) is 0 Å². The zero-order valence-electron chi connectivity index (χ0n) is 34.7. The minimum Gasteiger partial charge on any atom is -0.455 e. The first-order chi connectivity index (χ1) is 26.9. The molecule has 0 aliphatic heterocycles. The molecular weight excluding hydrogens is 544 g/mol. The summed E-state index contributed by atoms with van der Waals surface area (Å²) >= 11 is 0. The first-order valence-electron chi connectivity index (χ1n) is 20.0. The van der Waals surface area contributed by atoms with Gasteiger partial charge in [0.2, 0.25) is 0 Å². The highest BCUT2D eigenvalue weighted by Gasteiger charge is 2.20. The zero-order valence-corrected chi connectivity index (χ0v) is 23.7. The van der Waals surface area contributed by atoms with Crippen LogP contribution < -0.4 is 0 Å². The summed E-state index contributed by atoms with van der Waals surface area (Å²) in [6, 6.07) is 27.8. The van der Waals surface area contributed by atoms with Gasteiger partial charge in [0, 0.05) is 21.9 Å². The molecule has 210 valence electrons. The van der Waals surface area contributed by atoms with Crippen LogP contribution in [0.25, 0.3) is 88.0 Å². The molecule has 0 amide bonds. The van der Waals surface area contributed by atoms with Gasteiger partial charge in [-0.3, -0.25) is 0 Å². The standard InChI is InChI=1S/C44H28O/c1-3-13-29(14-4-1)31-17-11-18-33(27-31)42-34-19-7-9-21-36(34)43(37-22-10-8-20-35(37)42)39-24-12-23-38-40-28-32(30-15-5-2-6-16-30)25-26-41(40)45-44(38)39/h1-28H/i2D,5D,6D,12D,15D,16D,23D,24D,25D,26D,28D. The fourth-order valence-corrected chi connectivity index (χ4v) is 6.29. The van der Waals surface area contributed by atoms with E-state index in [1.165, 1.54) is 0 Å². The normalized spacial score (nSPS) is 15.0. The summed E-state index contributed by atoms with van der Waals surface area (Å²) < 4.78 is 103. The molecule has 0 unspecified atom stereocenters. The summed E-state index contributed by atoms with van der Waals surface area (Å²) in [6.45, 7) is 0. The topological polar surface area (TPSA) is 13.1 Å². The molecule has 9 rings (SSSR count). The first kappa shape index (κ1) is 16.8. The molecule has 45 heavy (non-hydrogen) atoms. The van der Waals surface area contributed by atoms with E-state index in [0.29, 0.717) is 5.56 Å². The fraction of sp³-hybridized carbons (Fsp3) is 0. The van der Waals surface area contributed by atoms with E-state index in [1.54, 1.807) is 0 Å². The maximum atomic E-state index is 9.37. The van der Waals surface area contributed by atoms with Gasteiger partial charge in [-0.05, 0) is 73.1 Å². The van der Waals surface area contributed by atoms with Crippen molar-refractivity contribution in [2.45, 2.75) is 0 Å². The van der Waals surface area contributed by atoms with Gasteiger partial charge >= 0.3 is 0 Å². The van der Waals surface area contributed by atoms with E-state index in [1.807, 2.05) is 72.8 Å². The first-order valence-corrected chi connectivity index (χ1v) is 14.5. The molecular formula is C44H28O. The van der Waals surface area contributed by atoms with Crippen molar-refractivity contribution in [3.8, 4) is 44.5 Å². The van der Waals surface area contributed by atoms with E-state index in [4.69, 9.17) is 16.8 Å². The van der Waals surface area contributed by atoms with Crippen LogP contribution in [0, 0.1) is 0 Å². The molecule has 0 aliphatic rings. The monoisotopic (exact) mass is 583 g/mol. The number of fused-ring (bicyclic) bond motifs is 5. The smallest absolute Gasteiger partial charge is 0.143 e. The Hall–Kier alpha value is -5.92. The van der Waals surface area contributed by atoms with Crippen LogP contribution in [0.5, 0.6) is 0 Å². The number of rotatable bonds is 4.